The molecule has 2 N–H and O–H groups in total. The normalized spacial score (nSPS) is 10.9. The van der Waals surface area contributed by atoms with Gasteiger partial charge in [-0.15, -0.1) is 10.2 Å². The van der Waals surface area contributed by atoms with Gasteiger partial charge in [0, 0.05) is 23.6 Å². The van der Waals surface area contributed by atoms with Gasteiger partial charge in [-0.05, 0) is 25.5 Å². The monoisotopic (exact) mass is 345 g/mol. The van der Waals surface area contributed by atoms with Gasteiger partial charge in [0.15, 0.2) is 0 Å². The zero-order chi connectivity index (χ0) is 17.3. The van der Waals surface area contributed by atoms with Crippen LogP contribution in [0.4, 0.5) is 5.69 Å². The molecule has 0 radical (unpaired) electrons. The van der Waals surface area contributed by atoms with Gasteiger partial charge in [-0.25, -0.2) is 9.36 Å². The van der Waals surface area contributed by atoms with E-state index in [4.69, 9.17) is 5.84 Å². The van der Waals surface area contributed by atoms with Crippen LogP contribution in [0, 0.1) is 24.0 Å². The number of hydrogen-bond donors (Lipinski definition) is 1. The summed E-state index contributed by atoms with van der Waals surface area (Å²) in [4.78, 5) is 10.2. The molecule has 124 valence electrons. The van der Waals surface area contributed by atoms with E-state index in [1.54, 1.807) is 16.8 Å². The molecule has 0 fully saturated rings. The topological polar surface area (TPSA) is 118 Å². The fourth-order valence-corrected chi connectivity index (χ4v) is 3.01. The standard InChI is InChI=1S/C14H15N7O2S/c1-9-7-10(2)20(18-9)13-16-17-14(19(13)15)24-8-11-3-5-12(6-4-11)21(22)23/h3-7H,8,15H2,1-2H3. The van der Waals surface area contributed by atoms with Crippen molar-refractivity contribution in [2.75, 3.05) is 5.84 Å². The third kappa shape index (κ3) is 3.08. The van der Waals surface area contributed by atoms with Crippen molar-refractivity contribution in [3.05, 3.63) is 57.4 Å². The molecular weight excluding hydrogens is 330 g/mol. The third-order valence-corrected chi connectivity index (χ3v) is 4.37. The summed E-state index contributed by atoms with van der Waals surface area (Å²) in [7, 11) is 0. The molecule has 0 aliphatic heterocycles. The molecule has 1 aromatic carbocycles. The van der Waals surface area contributed by atoms with E-state index in [0.29, 0.717) is 16.9 Å². The molecule has 0 saturated heterocycles. The number of nitrogens with zero attached hydrogens (tertiary/aromatic N) is 6. The van der Waals surface area contributed by atoms with E-state index in [-0.39, 0.29) is 5.69 Å². The summed E-state index contributed by atoms with van der Waals surface area (Å²) >= 11 is 1.40. The first-order valence-corrected chi connectivity index (χ1v) is 8.04. The average molecular weight is 345 g/mol. The molecule has 0 unspecified atom stereocenters. The van der Waals surface area contributed by atoms with E-state index in [2.05, 4.69) is 15.3 Å². The predicted molar refractivity (Wildman–Crippen MR) is 89.4 cm³/mol. The summed E-state index contributed by atoms with van der Waals surface area (Å²) in [5.41, 5.74) is 2.79. The van der Waals surface area contributed by atoms with Crippen LogP contribution in [0.1, 0.15) is 17.0 Å². The van der Waals surface area contributed by atoms with Gasteiger partial charge in [0.05, 0.1) is 10.6 Å². The Labute approximate surface area is 141 Å². The largest absolute Gasteiger partial charge is 0.334 e. The number of nitro benzene ring substituents is 1. The number of thioether (sulfide) groups is 1. The lowest BCUT2D eigenvalue weighted by molar-refractivity contribution is -0.384. The van der Waals surface area contributed by atoms with E-state index in [1.165, 1.54) is 28.6 Å². The van der Waals surface area contributed by atoms with Crippen LogP contribution in [0.3, 0.4) is 0 Å². The van der Waals surface area contributed by atoms with E-state index in [9.17, 15) is 10.1 Å². The molecule has 9 nitrogen and oxygen atoms in total. The molecule has 0 spiro atoms. The van der Waals surface area contributed by atoms with Crippen LogP contribution < -0.4 is 5.84 Å². The van der Waals surface area contributed by atoms with Gasteiger partial charge in [0.1, 0.15) is 0 Å². The molecule has 24 heavy (non-hydrogen) atoms. The van der Waals surface area contributed by atoms with Crippen molar-refractivity contribution >= 4 is 17.4 Å². The minimum absolute atomic E-state index is 0.0672. The Balaban J connectivity index is 1.75. The SMILES string of the molecule is Cc1cc(C)n(-c2nnc(SCc3ccc([N+](=O)[O-])cc3)n2N)n1. The molecule has 2 aromatic heterocycles. The number of aromatic nitrogens is 5. The second kappa shape index (κ2) is 6.32. The van der Waals surface area contributed by atoms with Gasteiger partial charge in [-0.3, -0.25) is 10.1 Å². The highest BCUT2D eigenvalue weighted by Crippen LogP contribution is 2.23. The van der Waals surface area contributed by atoms with Crippen molar-refractivity contribution in [1.82, 2.24) is 24.7 Å². The fraction of sp³-hybridized carbons (Fsp3) is 0.214. The summed E-state index contributed by atoms with van der Waals surface area (Å²) in [6.45, 7) is 3.81. The highest BCUT2D eigenvalue weighted by molar-refractivity contribution is 7.98. The second-order valence-electron chi connectivity index (χ2n) is 5.20. The molecule has 2 heterocycles. The number of hydrogen-bond acceptors (Lipinski definition) is 7. The highest BCUT2D eigenvalue weighted by atomic mass is 32.2. The lowest BCUT2D eigenvalue weighted by Crippen LogP contribution is -2.17. The Kier molecular flexibility index (Phi) is 4.21. The fourth-order valence-electron chi connectivity index (χ4n) is 2.21. The first kappa shape index (κ1) is 16.0. The number of nitrogens with two attached hydrogens (primary N) is 1. The average Bonchev–Trinajstić information content (AvgIpc) is 3.07. The number of non-ortho nitro benzene ring substituents is 1. The van der Waals surface area contributed by atoms with Gasteiger partial charge >= 0.3 is 0 Å². The summed E-state index contributed by atoms with van der Waals surface area (Å²) in [5, 5.41) is 23.7. The molecule has 3 rings (SSSR count). The van der Waals surface area contributed by atoms with Crippen LogP contribution in [-0.4, -0.2) is 29.6 Å². The molecule has 0 atom stereocenters. The first-order valence-electron chi connectivity index (χ1n) is 7.06. The van der Waals surface area contributed by atoms with Crippen LogP contribution in [0.15, 0.2) is 35.5 Å². The maximum atomic E-state index is 10.7. The second-order valence-corrected chi connectivity index (χ2v) is 6.15. The Morgan fingerprint density at radius 3 is 2.54 bits per heavy atom. The molecule has 10 heteroatoms. The van der Waals surface area contributed by atoms with Gasteiger partial charge in [-0.1, -0.05) is 23.9 Å². The molecule has 0 aliphatic rings. The smallest absolute Gasteiger partial charge is 0.271 e. The lowest BCUT2D eigenvalue weighted by Gasteiger charge is -2.05. The van der Waals surface area contributed by atoms with Crippen molar-refractivity contribution in [3.63, 3.8) is 0 Å². The Bertz CT molecular complexity index is 885. The van der Waals surface area contributed by atoms with Gasteiger partial charge < -0.3 is 5.84 Å². The Morgan fingerprint density at radius 1 is 1.25 bits per heavy atom. The van der Waals surface area contributed by atoms with E-state index >= 15 is 0 Å². The van der Waals surface area contributed by atoms with Crippen molar-refractivity contribution in [2.45, 2.75) is 24.8 Å². The number of nitrogen functional groups attached to an aromatic ring is 1. The number of aryl methyl sites for hydroxylation is 2. The summed E-state index contributed by atoms with van der Waals surface area (Å²) in [6.07, 6.45) is 0. The van der Waals surface area contributed by atoms with Crippen LogP contribution >= 0.6 is 11.8 Å². The number of rotatable bonds is 5. The molecule has 0 bridgehead atoms. The predicted octanol–water partition coefficient (Wildman–Crippen LogP) is 1.99. The number of nitro groups is 1. The van der Waals surface area contributed by atoms with Crippen molar-refractivity contribution < 1.29 is 4.92 Å². The molecular formula is C14H15N7O2S. The maximum Gasteiger partial charge on any atom is 0.271 e. The minimum Gasteiger partial charge on any atom is -0.334 e. The van der Waals surface area contributed by atoms with Crippen molar-refractivity contribution in [2.24, 2.45) is 0 Å². The van der Waals surface area contributed by atoms with Gasteiger partial charge in [-0.2, -0.15) is 5.10 Å². The zero-order valence-electron chi connectivity index (χ0n) is 13.1. The van der Waals surface area contributed by atoms with Crippen molar-refractivity contribution in [1.29, 1.82) is 0 Å². The first-order chi connectivity index (χ1) is 11.5. The maximum absolute atomic E-state index is 10.7. The summed E-state index contributed by atoms with van der Waals surface area (Å²) in [5.74, 6) is 7.07. The Morgan fingerprint density at radius 2 is 1.96 bits per heavy atom. The molecule has 0 saturated carbocycles. The summed E-state index contributed by atoms with van der Waals surface area (Å²) in [6, 6.07) is 8.31. The molecule has 0 amide bonds. The van der Waals surface area contributed by atoms with E-state index in [1.807, 2.05) is 19.9 Å². The van der Waals surface area contributed by atoms with Crippen LogP contribution in [0.25, 0.3) is 5.95 Å². The zero-order valence-corrected chi connectivity index (χ0v) is 13.9. The van der Waals surface area contributed by atoms with Gasteiger partial charge in [0.2, 0.25) is 5.16 Å². The van der Waals surface area contributed by atoms with Crippen molar-refractivity contribution in [3.8, 4) is 5.95 Å². The van der Waals surface area contributed by atoms with Crippen LogP contribution in [-0.2, 0) is 5.75 Å². The minimum atomic E-state index is -0.423. The van der Waals surface area contributed by atoms with Gasteiger partial charge in [0.25, 0.3) is 11.6 Å². The van der Waals surface area contributed by atoms with E-state index in [0.717, 1.165) is 17.0 Å². The van der Waals surface area contributed by atoms with Crippen LogP contribution in [0.5, 0.6) is 0 Å². The highest BCUT2D eigenvalue weighted by Gasteiger charge is 2.15. The third-order valence-electron chi connectivity index (χ3n) is 3.36. The Hall–Kier alpha value is -2.88. The number of benzene rings is 1. The molecule has 3 aromatic rings. The van der Waals surface area contributed by atoms with E-state index < -0.39 is 4.92 Å². The molecule has 0 aliphatic carbocycles. The lowest BCUT2D eigenvalue weighted by atomic mass is 10.2. The quantitative estimate of drug-likeness (QED) is 0.325. The summed E-state index contributed by atoms with van der Waals surface area (Å²) < 4.78 is 3.02. The van der Waals surface area contributed by atoms with Crippen LogP contribution in [0.2, 0.25) is 0 Å².